The number of hydrogen-bond acceptors (Lipinski definition) is 3. The Morgan fingerprint density at radius 3 is 2.78 bits per heavy atom. The molecule has 0 atom stereocenters. The molecule has 0 unspecified atom stereocenters. The van der Waals surface area contributed by atoms with Gasteiger partial charge in [-0.2, -0.15) is 0 Å². The molecule has 160 valence electrons. The van der Waals surface area contributed by atoms with E-state index in [0.29, 0.717) is 27.6 Å². The van der Waals surface area contributed by atoms with E-state index in [2.05, 4.69) is 17.6 Å². The van der Waals surface area contributed by atoms with Crippen molar-refractivity contribution in [1.29, 1.82) is 0 Å². The summed E-state index contributed by atoms with van der Waals surface area (Å²) in [5.41, 5.74) is 3.20. The first-order valence-corrected chi connectivity index (χ1v) is 10.6. The van der Waals surface area contributed by atoms with Gasteiger partial charge in [-0.15, -0.1) is 0 Å². The first kappa shape index (κ1) is 20.3. The highest BCUT2D eigenvalue weighted by Gasteiger charge is 2.28. The molecule has 3 aromatic carbocycles. The van der Waals surface area contributed by atoms with Gasteiger partial charge in [-0.25, -0.2) is 4.39 Å². The van der Waals surface area contributed by atoms with E-state index in [0.717, 1.165) is 23.0 Å². The van der Waals surface area contributed by atoms with Crippen LogP contribution in [0.25, 0.3) is 17.0 Å². The number of nitrogens with zero attached hydrogens (tertiary/aromatic N) is 1. The molecule has 0 spiro atoms. The summed E-state index contributed by atoms with van der Waals surface area (Å²) in [6.45, 7) is 3.08. The Labute approximate surface area is 189 Å². The zero-order chi connectivity index (χ0) is 22.2. The largest absolute Gasteiger partial charge is 0.489 e. The molecule has 0 saturated carbocycles. The lowest BCUT2D eigenvalue weighted by molar-refractivity contribution is 0.101. The Morgan fingerprint density at radius 2 is 1.97 bits per heavy atom. The number of carbonyl (C=O) groups is 1. The number of aromatic nitrogens is 1. The van der Waals surface area contributed by atoms with Crippen LogP contribution in [0, 0.1) is 5.82 Å². The normalized spacial score (nSPS) is 14.1. The van der Waals surface area contributed by atoms with Crippen LogP contribution in [0.3, 0.4) is 0 Å². The standard InChI is InChI=1S/C26H19ClFNO3/c1-2-29-14-17(20-5-3-4-6-23(20)29)11-25-26(30)21-10-9-19(13-24(21)32-25)31-15-16-7-8-18(28)12-22(16)27/h3-14H,2,15H2,1H3. The topological polar surface area (TPSA) is 40.5 Å². The Kier molecular flexibility index (Phi) is 5.19. The van der Waals surface area contributed by atoms with Crippen LogP contribution in [0.5, 0.6) is 11.5 Å². The minimum Gasteiger partial charge on any atom is -0.489 e. The molecule has 2 heterocycles. The number of ketones is 1. The van der Waals surface area contributed by atoms with Crippen LogP contribution in [0.15, 0.2) is 72.6 Å². The lowest BCUT2D eigenvalue weighted by atomic mass is 10.1. The summed E-state index contributed by atoms with van der Waals surface area (Å²) >= 11 is 6.06. The molecule has 0 N–H and O–H groups in total. The molecule has 0 fully saturated rings. The van der Waals surface area contributed by atoms with Crippen LogP contribution in [0.2, 0.25) is 5.02 Å². The van der Waals surface area contributed by atoms with E-state index in [9.17, 15) is 9.18 Å². The number of fused-ring (bicyclic) bond motifs is 2. The van der Waals surface area contributed by atoms with E-state index in [-0.39, 0.29) is 18.1 Å². The Morgan fingerprint density at radius 1 is 1.12 bits per heavy atom. The van der Waals surface area contributed by atoms with Crippen molar-refractivity contribution >= 4 is 34.4 Å². The molecule has 5 rings (SSSR count). The second-order valence-electron chi connectivity index (χ2n) is 7.51. The van der Waals surface area contributed by atoms with Crippen molar-refractivity contribution < 1.29 is 18.7 Å². The number of allylic oxidation sites excluding steroid dienone is 1. The van der Waals surface area contributed by atoms with Gasteiger partial charge in [0.15, 0.2) is 5.76 Å². The van der Waals surface area contributed by atoms with Crippen molar-refractivity contribution in [2.24, 2.45) is 0 Å². The smallest absolute Gasteiger partial charge is 0.231 e. The van der Waals surface area contributed by atoms with Crippen LogP contribution in [0.1, 0.15) is 28.4 Å². The third kappa shape index (κ3) is 3.65. The quantitative estimate of drug-likeness (QED) is 0.321. The predicted octanol–water partition coefficient (Wildman–Crippen LogP) is 6.65. The summed E-state index contributed by atoms with van der Waals surface area (Å²) in [6, 6.07) is 17.3. The molecule has 1 aliphatic heterocycles. The summed E-state index contributed by atoms with van der Waals surface area (Å²) in [5, 5.41) is 1.36. The van der Waals surface area contributed by atoms with Crippen LogP contribution >= 0.6 is 11.6 Å². The fourth-order valence-corrected chi connectivity index (χ4v) is 4.07. The van der Waals surface area contributed by atoms with Crippen LogP contribution in [-0.2, 0) is 13.2 Å². The fraction of sp³-hybridized carbons (Fsp3) is 0.115. The van der Waals surface area contributed by atoms with Gasteiger partial charge in [0.1, 0.15) is 23.9 Å². The van der Waals surface area contributed by atoms with E-state index in [4.69, 9.17) is 21.1 Å². The second-order valence-corrected chi connectivity index (χ2v) is 7.92. The van der Waals surface area contributed by atoms with Crippen molar-refractivity contribution in [2.75, 3.05) is 0 Å². The van der Waals surface area contributed by atoms with Gasteiger partial charge in [0.25, 0.3) is 0 Å². The average Bonchev–Trinajstić information content (AvgIpc) is 3.30. The molecule has 0 saturated heterocycles. The Hall–Kier alpha value is -3.57. The number of aryl methyl sites for hydroxylation is 1. The Balaban J connectivity index is 1.39. The summed E-state index contributed by atoms with van der Waals surface area (Å²) in [7, 11) is 0. The molecule has 6 heteroatoms. The van der Waals surface area contributed by atoms with Gasteiger partial charge in [0, 0.05) is 40.8 Å². The maximum atomic E-state index is 13.2. The maximum absolute atomic E-state index is 13.2. The number of ether oxygens (including phenoxy) is 2. The minimum atomic E-state index is -0.399. The number of Topliss-reactive ketones (excluding diaryl/α,β-unsaturated/α-hetero) is 1. The van der Waals surface area contributed by atoms with Crippen LogP contribution < -0.4 is 9.47 Å². The number of benzene rings is 3. The zero-order valence-corrected chi connectivity index (χ0v) is 18.0. The third-order valence-electron chi connectivity index (χ3n) is 5.50. The van der Waals surface area contributed by atoms with Crippen LogP contribution in [0.4, 0.5) is 4.39 Å². The first-order chi connectivity index (χ1) is 15.5. The summed E-state index contributed by atoms with van der Waals surface area (Å²) in [6.07, 6.45) is 3.81. The van der Waals surface area contributed by atoms with Crippen LogP contribution in [-0.4, -0.2) is 10.4 Å². The number of rotatable bonds is 5. The summed E-state index contributed by atoms with van der Waals surface area (Å²) < 4.78 is 27.0. The maximum Gasteiger partial charge on any atom is 0.231 e. The van der Waals surface area contributed by atoms with E-state index in [1.807, 2.05) is 24.4 Å². The van der Waals surface area contributed by atoms with E-state index >= 15 is 0 Å². The first-order valence-electron chi connectivity index (χ1n) is 10.3. The average molecular weight is 448 g/mol. The predicted molar refractivity (Wildman–Crippen MR) is 123 cm³/mol. The van der Waals surface area contributed by atoms with Gasteiger partial charge in [-0.1, -0.05) is 35.9 Å². The molecule has 4 nitrogen and oxygen atoms in total. The van der Waals surface area contributed by atoms with Crippen molar-refractivity contribution in [2.45, 2.75) is 20.1 Å². The molecular formula is C26H19ClFNO3. The van der Waals surface area contributed by atoms with Gasteiger partial charge < -0.3 is 14.0 Å². The molecule has 4 aromatic rings. The van der Waals surface area contributed by atoms with Gasteiger partial charge in [-0.05, 0) is 43.3 Å². The number of halogens is 2. The highest BCUT2D eigenvalue weighted by atomic mass is 35.5. The van der Waals surface area contributed by atoms with E-state index < -0.39 is 5.82 Å². The van der Waals surface area contributed by atoms with E-state index in [1.165, 1.54) is 12.1 Å². The minimum absolute atomic E-state index is 0.165. The summed E-state index contributed by atoms with van der Waals surface area (Å²) in [5.74, 6) is 0.688. The fourth-order valence-electron chi connectivity index (χ4n) is 3.85. The molecule has 1 aromatic heterocycles. The van der Waals surface area contributed by atoms with Crippen molar-refractivity contribution in [3.63, 3.8) is 0 Å². The highest BCUT2D eigenvalue weighted by molar-refractivity contribution is 6.31. The third-order valence-corrected chi connectivity index (χ3v) is 5.85. The Bertz CT molecular complexity index is 1390. The molecule has 1 aliphatic rings. The van der Waals surface area contributed by atoms with Gasteiger partial charge in [0.2, 0.25) is 5.78 Å². The molecule has 32 heavy (non-hydrogen) atoms. The van der Waals surface area contributed by atoms with Gasteiger partial charge >= 0.3 is 0 Å². The van der Waals surface area contributed by atoms with Crippen molar-refractivity contribution in [1.82, 2.24) is 4.57 Å². The lowest BCUT2D eigenvalue weighted by Gasteiger charge is -2.08. The molecule has 0 bridgehead atoms. The highest BCUT2D eigenvalue weighted by Crippen LogP contribution is 2.36. The molecule has 0 amide bonds. The van der Waals surface area contributed by atoms with Crippen molar-refractivity contribution in [3.8, 4) is 11.5 Å². The van der Waals surface area contributed by atoms with Gasteiger partial charge in [0.05, 0.1) is 10.6 Å². The van der Waals surface area contributed by atoms with Crippen molar-refractivity contribution in [3.05, 3.63) is 100 Å². The monoisotopic (exact) mass is 447 g/mol. The number of carbonyl (C=O) groups excluding carboxylic acids is 1. The molecule has 0 radical (unpaired) electrons. The lowest BCUT2D eigenvalue weighted by Crippen LogP contribution is -1.98. The SMILES string of the molecule is CCn1cc(C=C2Oc3cc(OCc4ccc(F)cc4Cl)ccc3C2=O)c2ccccc21. The molecular weight excluding hydrogens is 429 g/mol. The second kappa shape index (κ2) is 8.17. The summed E-state index contributed by atoms with van der Waals surface area (Å²) in [4.78, 5) is 12.9. The molecule has 0 aliphatic carbocycles. The number of hydrogen-bond donors (Lipinski definition) is 0. The van der Waals surface area contributed by atoms with E-state index in [1.54, 1.807) is 30.3 Å². The number of para-hydroxylation sites is 1. The van der Waals surface area contributed by atoms with Gasteiger partial charge in [-0.3, -0.25) is 4.79 Å². The zero-order valence-electron chi connectivity index (χ0n) is 17.3.